The molecule has 0 bridgehead atoms. The summed E-state index contributed by atoms with van der Waals surface area (Å²) in [6.07, 6.45) is 0. The number of benzene rings is 2. The number of fused-ring (bicyclic) bond motifs is 3. The summed E-state index contributed by atoms with van der Waals surface area (Å²) in [5.74, 6) is -0.438. The van der Waals surface area contributed by atoms with Gasteiger partial charge in [-0.1, -0.05) is 24.3 Å². The molecule has 1 aliphatic heterocycles. The van der Waals surface area contributed by atoms with Crippen LogP contribution in [0.25, 0.3) is 10.9 Å². The van der Waals surface area contributed by atoms with Crippen molar-refractivity contribution in [3.63, 3.8) is 0 Å². The highest BCUT2D eigenvalue weighted by molar-refractivity contribution is 5.95. The minimum Gasteiger partial charge on any atom is -0.497 e. The molecule has 0 spiro atoms. The normalized spacial score (nSPS) is 15.6. The summed E-state index contributed by atoms with van der Waals surface area (Å²) in [7, 11) is 1.57. The van der Waals surface area contributed by atoms with Crippen molar-refractivity contribution in [3.05, 3.63) is 81.5 Å². The number of aromatic nitrogens is 1. The van der Waals surface area contributed by atoms with E-state index in [1.807, 2.05) is 18.2 Å². The number of para-hydroxylation sites is 1. The molecule has 4 rings (SSSR count). The molecular formula is C22H20N2O5. The van der Waals surface area contributed by atoms with E-state index in [4.69, 9.17) is 19.9 Å². The molecule has 148 valence electrons. The van der Waals surface area contributed by atoms with Gasteiger partial charge < -0.3 is 24.9 Å². The van der Waals surface area contributed by atoms with Gasteiger partial charge in [-0.2, -0.15) is 0 Å². The maximum Gasteiger partial charge on any atom is 0.340 e. The van der Waals surface area contributed by atoms with Crippen LogP contribution in [0.5, 0.6) is 11.5 Å². The summed E-state index contributed by atoms with van der Waals surface area (Å²) < 4.78 is 16.2. The number of nitrogens with one attached hydrogen (secondary N) is 1. The van der Waals surface area contributed by atoms with Gasteiger partial charge in [0.2, 0.25) is 5.88 Å². The second-order valence-electron chi connectivity index (χ2n) is 6.55. The molecule has 7 nitrogen and oxygen atoms in total. The number of carbonyl (C=O) groups excluding carboxylic acids is 1. The van der Waals surface area contributed by atoms with E-state index < -0.39 is 11.9 Å². The summed E-state index contributed by atoms with van der Waals surface area (Å²) in [5.41, 5.74) is 7.55. The second kappa shape index (κ2) is 7.35. The fourth-order valence-electron chi connectivity index (χ4n) is 3.61. The van der Waals surface area contributed by atoms with Crippen molar-refractivity contribution < 1.29 is 19.0 Å². The summed E-state index contributed by atoms with van der Waals surface area (Å²) in [6.45, 7) is 1.88. The number of rotatable bonds is 4. The van der Waals surface area contributed by atoms with Crippen LogP contribution in [0.3, 0.4) is 0 Å². The fraction of sp³-hybridized carbons (Fsp3) is 0.182. The SMILES string of the molecule is CCOC(=O)C1=C(N)Oc2c(c(=O)[nH]c3ccccc23)C1c1ccc(OC)cc1. The lowest BCUT2D eigenvalue weighted by Crippen LogP contribution is -2.32. The molecule has 3 aromatic rings. The number of H-pyrrole nitrogens is 1. The van der Waals surface area contributed by atoms with Crippen molar-refractivity contribution in [1.82, 2.24) is 4.98 Å². The molecule has 0 aliphatic carbocycles. The Morgan fingerprint density at radius 3 is 2.59 bits per heavy atom. The van der Waals surface area contributed by atoms with Crippen LogP contribution in [0.4, 0.5) is 0 Å². The lowest BCUT2D eigenvalue weighted by Gasteiger charge is -2.28. The third kappa shape index (κ3) is 3.10. The number of carbonyl (C=O) groups is 1. The zero-order chi connectivity index (χ0) is 20.5. The Morgan fingerprint density at radius 2 is 1.90 bits per heavy atom. The average molecular weight is 392 g/mol. The van der Waals surface area contributed by atoms with Gasteiger partial charge >= 0.3 is 5.97 Å². The number of hydrogen-bond acceptors (Lipinski definition) is 6. The first-order valence-corrected chi connectivity index (χ1v) is 9.18. The molecule has 29 heavy (non-hydrogen) atoms. The van der Waals surface area contributed by atoms with Crippen LogP contribution in [-0.4, -0.2) is 24.7 Å². The van der Waals surface area contributed by atoms with Crippen LogP contribution in [0.2, 0.25) is 0 Å². The van der Waals surface area contributed by atoms with Crippen LogP contribution < -0.4 is 20.8 Å². The number of esters is 1. The van der Waals surface area contributed by atoms with E-state index >= 15 is 0 Å². The van der Waals surface area contributed by atoms with Gasteiger partial charge in [0.25, 0.3) is 5.56 Å². The Bertz CT molecular complexity index is 1180. The number of aromatic amines is 1. The van der Waals surface area contributed by atoms with Gasteiger partial charge in [0.15, 0.2) is 0 Å². The van der Waals surface area contributed by atoms with Gasteiger partial charge in [0.05, 0.1) is 30.7 Å². The van der Waals surface area contributed by atoms with Gasteiger partial charge in [-0.15, -0.1) is 0 Å². The number of hydrogen-bond donors (Lipinski definition) is 2. The topological polar surface area (TPSA) is 104 Å². The van der Waals surface area contributed by atoms with Crippen molar-refractivity contribution in [2.24, 2.45) is 5.73 Å². The third-order valence-electron chi connectivity index (χ3n) is 4.91. The highest BCUT2D eigenvalue weighted by Crippen LogP contribution is 2.43. The van der Waals surface area contributed by atoms with Crippen molar-refractivity contribution >= 4 is 16.9 Å². The Kier molecular flexibility index (Phi) is 4.72. The monoisotopic (exact) mass is 392 g/mol. The largest absolute Gasteiger partial charge is 0.497 e. The predicted octanol–water partition coefficient (Wildman–Crippen LogP) is 2.79. The zero-order valence-electron chi connectivity index (χ0n) is 16.0. The maximum absolute atomic E-state index is 13.0. The molecule has 0 saturated carbocycles. The maximum atomic E-state index is 13.0. The number of ether oxygens (including phenoxy) is 3. The lowest BCUT2D eigenvalue weighted by atomic mass is 9.83. The van der Waals surface area contributed by atoms with E-state index in [1.54, 1.807) is 44.4 Å². The van der Waals surface area contributed by atoms with Crippen molar-refractivity contribution in [2.45, 2.75) is 12.8 Å². The summed E-state index contributed by atoms with van der Waals surface area (Å²) >= 11 is 0. The van der Waals surface area contributed by atoms with Gasteiger partial charge in [-0.3, -0.25) is 4.79 Å². The molecule has 1 aromatic heterocycles. The third-order valence-corrected chi connectivity index (χ3v) is 4.91. The molecule has 1 unspecified atom stereocenters. The summed E-state index contributed by atoms with van der Waals surface area (Å²) in [5, 5.41) is 0.700. The Hall–Kier alpha value is -3.74. The molecule has 3 N–H and O–H groups in total. The zero-order valence-corrected chi connectivity index (χ0v) is 16.0. The molecule has 2 aromatic carbocycles. The number of pyridine rings is 1. The molecule has 1 aliphatic rings. The Morgan fingerprint density at radius 1 is 1.17 bits per heavy atom. The summed E-state index contributed by atoms with van der Waals surface area (Å²) in [4.78, 5) is 28.6. The van der Waals surface area contributed by atoms with Crippen molar-refractivity contribution in [1.29, 1.82) is 0 Å². The standard InChI is InChI=1S/C22H20N2O5/c1-3-28-22(26)18-16(12-8-10-13(27-2)11-9-12)17-19(29-20(18)23)14-6-4-5-7-15(14)24-21(17)25/h4-11,16H,3,23H2,1-2H3,(H,24,25). The van der Waals surface area contributed by atoms with Crippen LogP contribution in [0, 0.1) is 0 Å². The minimum atomic E-state index is -0.739. The van der Waals surface area contributed by atoms with E-state index in [-0.39, 0.29) is 23.6 Å². The average Bonchev–Trinajstić information content (AvgIpc) is 2.73. The Labute approximate surface area is 166 Å². The van der Waals surface area contributed by atoms with Gasteiger partial charge in [0.1, 0.15) is 17.1 Å². The lowest BCUT2D eigenvalue weighted by molar-refractivity contribution is -0.139. The van der Waals surface area contributed by atoms with Gasteiger partial charge in [0, 0.05) is 5.39 Å². The molecule has 0 fully saturated rings. The van der Waals surface area contributed by atoms with E-state index in [2.05, 4.69) is 4.98 Å². The molecule has 2 heterocycles. The minimum absolute atomic E-state index is 0.0764. The van der Waals surface area contributed by atoms with E-state index in [1.165, 1.54) is 0 Å². The summed E-state index contributed by atoms with van der Waals surface area (Å²) in [6, 6.07) is 14.4. The number of methoxy groups -OCH3 is 1. The molecule has 0 saturated heterocycles. The van der Waals surface area contributed by atoms with E-state index in [9.17, 15) is 9.59 Å². The predicted molar refractivity (Wildman–Crippen MR) is 108 cm³/mol. The van der Waals surface area contributed by atoms with Crippen molar-refractivity contribution in [3.8, 4) is 11.5 Å². The molecule has 0 radical (unpaired) electrons. The van der Waals surface area contributed by atoms with Gasteiger partial charge in [-0.05, 0) is 36.8 Å². The van der Waals surface area contributed by atoms with Crippen molar-refractivity contribution in [2.75, 3.05) is 13.7 Å². The molecule has 0 amide bonds. The quantitative estimate of drug-likeness (QED) is 0.662. The van der Waals surface area contributed by atoms with E-state index in [0.29, 0.717) is 33.5 Å². The van der Waals surface area contributed by atoms with Gasteiger partial charge in [-0.25, -0.2) is 4.79 Å². The van der Waals surface area contributed by atoms with Crippen LogP contribution >= 0.6 is 0 Å². The molecular weight excluding hydrogens is 372 g/mol. The van der Waals surface area contributed by atoms with Crippen LogP contribution in [0.15, 0.2) is 64.8 Å². The first-order chi connectivity index (χ1) is 14.0. The fourth-order valence-corrected chi connectivity index (χ4v) is 3.61. The highest BCUT2D eigenvalue weighted by Gasteiger charge is 2.38. The first kappa shape index (κ1) is 18.6. The first-order valence-electron chi connectivity index (χ1n) is 9.18. The van der Waals surface area contributed by atoms with E-state index in [0.717, 1.165) is 0 Å². The second-order valence-corrected chi connectivity index (χ2v) is 6.55. The number of nitrogens with two attached hydrogens (primary N) is 1. The van der Waals surface area contributed by atoms with Crippen LogP contribution in [0.1, 0.15) is 24.0 Å². The highest BCUT2D eigenvalue weighted by atomic mass is 16.5. The molecule has 7 heteroatoms. The molecule has 1 atom stereocenters. The van der Waals surface area contributed by atoms with Crippen LogP contribution in [-0.2, 0) is 9.53 Å². The smallest absolute Gasteiger partial charge is 0.340 e. The Balaban J connectivity index is 2.01.